The first-order chi connectivity index (χ1) is 12.0. The molecule has 0 spiro atoms. The predicted octanol–water partition coefficient (Wildman–Crippen LogP) is 2.26. The van der Waals surface area contributed by atoms with Crippen LogP contribution in [0.15, 0.2) is 40.2 Å². The number of thiophene rings is 1. The molecular formula is C17H18BrFO5S. The lowest BCUT2D eigenvalue weighted by molar-refractivity contribution is -0.265. The maximum atomic E-state index is 13.8. The molecule has 1 aliphatic rings. The van der Waals surface area contributed by atoms with Gasteiger partial charge in [-0.3, -0.25) is 0 Å². The molecule has 0 bridgehead atoms. The number of rotatable bonds is 5. The normalized spacial score (nSPS) is 29.6. The van der Waals surface area contributed by atoms with Crippen LogP contribution in [0.2, 0.25) is 0 Å². The van der Waals surface area contributed by atoms with Gasteiger partial charge in [0, 0.05) is 10.9 Å². The van der Waals surface area contributed by atoms with Crippen molar-refractivity contribution in [3.63, 3.8) is 0 Å². The largest absolute Gasteiger partial charge is 0.461 e. The molecule has 2 heterocycles. The van der Waals surface area contributed by atoms with Crippen molar-refractivity contribution >= 4 is 27.3 Å². The summed E-state index contributed by atoms with van der Waals surface area (Å²) in [5, 5.41) is 30.8. The summed E-state index contributed by atoms with van der Waals surface area (Å²) >= 11 is 4.88. The Morgan fingerprint density at radius 2 is 1.88 bits per heavy atom. The summed E-state index contributed by atoms with van der Waals surface area (Å²) in [6.45, 7) is -0.611. The maximum Gasteiger partial charge on any atom is 0.229 e. The van der Waals surface area contributed by atoms with Crippen LogP contribution >= 0.6 is 27.3 Å². The molecule has 3 rings (SSSR count). The van der Waals surface area contributed by atoms with Gasteiger partial charge in [0.2, 0.25) is 6.29 Å². The van der Waals surface area contributed by atoms with E-state index < -0.39 is 37.4 Å². The fourth-order valence-corrected chi connectivity index (χ4v) is 3.72. The molecule has 2 aromatic rings. The molecule has 0 amide bonds. The topological polar surface area (TPSA) is 79.2 Å². The van der Waals surface area contributed by atoms with Gasteiger partial charge < -0.3 is 24.8 Å². The molecule has 8 heteroatoms. The molecule has 5 nitrogen and oxygen atoms in total. The number of halogens is 2. The number of aliphatic hydroxyl groups excluding tert-OH is 3. The Hall–Kier alpha value is -1.03. The molecule has 0 aliphatic carbocycles. The molecule has 3 N–H and O–H groups in total. The third kappa shape index (κ3) is 4.21. The second kappa shape index (κ2) is 8.11. The zero-order valence-electron chi connectivity index (χ0n) is 13.1. The van der Waals surface area contributed by atoms with Crippen LogP contribution < -0.4 is 4.74 Å². The molecule has 5 unspecified atom stereocenters. The summed E-state index contributed by atoms with van der Waals surface area (Å²) in [5.41, 5.74) is 1.08. The molecule has 1 aromatic carbocycles. The summed E-state index contributed by atoms with van der Waals surface area (Å²) in [7, 11) is 0. The van der Waals surface area contributed by atoms with E-state index in [1.165, 1.54) is 11.3 Å². The highest BCUT2D eigenvalue weighted by atomic mass is 79.9. The number of hydrogen-bond acceptors (Lipinski definition) is 6. The summed E-state index contributed by atoms with van der Waals surface area (Å²) in [6, 6.07) is 9.59. The van der Waals surface area contributed by atoms with E-state index in [0.29, 0.717) is 12.2 Å². The third-order valence-electron chi connectivity index (χ3n) is 4.02. The van der Waals surface area contributed by atoms with E-state index in [1.54, 1.807) is 6.07 Å². The molecule has 1 saturated heterocycles. The van der Waals surface area contributed by atoms with E-state index in [0.717, 1.165) is 14.9 Å². The lowest BCUT2D eigenvalue weighted by Gasteiger charge is -2.38. The highest BCUT2D eigenvalue weighted by Crippen LogP contribution is 2.32. The molecule has 5 atom stereocenters. The summed E-state index contributed by atoms with van der Waals surface area (Å²) in [6.07, 6.45) is -6.96. The first kappa shape index (κ1) is 18.8. The van der Waals surface area contributed by atoms with Crippen LogP contribution in [0, 0.1) is 0 Å². The lowest BCUT2D eigenvalue weighted by atomic mass is 10.0. The zero-order valence-corrected chi connectivity index (χ0v) is 15.5. The Morgan fingerprint density at radius 3 is 2.56 bits per heavy atom. The van der Waals surface area contributed by atoms with Crippen LogP contribution in [0.5, 0.6) is 5.75 Å². The third-order valence-corrected chi connectivity index (χ3v) is 5.46. The molecule has 0 saturated carbocycles. The van der Waals surface area contributed by atoms with Gasteiger partial charge in [0.25, 0.3) is 0 Å². The number of hydrogen-bond donors (Lipinski definition) is 3. The number of benzene rings is 1. The Morgan fingerprint density at radius 1 is 1.16 bits per heavy atom. The van der Waals surface area contributed by atoms with Crippen molar-refractivity contribution in [3.05, 3.63) is 50.6 Å². The van der Waals surface area contributed by atoms with E-state index in [4.69, 9.17) is 14.6 Å². The van der Waals surface area contributed by atoms with Gasteiger partial charge in [0.05, 0.1) is 11.5 Å². The standard InChI is InChI=1S/C17H18BrFO5S/c18-10-3-1-9(2-4-10)7-13-11(5-6-25-13)23-17-16(22)15(21)14(19)12(8-20)24-17/h1-6,12,14-17,20-22H,7-8H2. The first-order valence-corrected chi connectivity index (χ1v) is 9.41. The second-order valence-electron chi connectivity index (χ2n) is 5.78. The maximum absolute atomic E-state index is 13.8. The minimum absolute atomic E-state index is 0.498. The average molecular weight is 433 g/mol. The van der Waals surface area contributed by atoms with Crippen molar-refractivity contribution in [1.29, 1.82) is 0 Å². The minimum Gasteiger partial charge on any atom is -0.461 e. The van der Waals surface area contributed by atoms with Crippen molar-refractivity contribution in [2.45, 2.75) is 37.2 Å². The minimum atomic E-state index is -1.87. The van der Waals surface area contributed by atoms with Gasteiger partial charge in [-0.15, -0.1) is 11.3 Å². The molecule has 136 valence electrons. The smallest absolute Gasteiger partial charge is 0.229 e. The second-order valence-corrected chi connectivity index (χ2v) is 7.70. The van der Waals surface area contributed by atoms with Crippen LogP contribution in [-0.4, -0.2) is 52.7 Å². The van der Waals surface area contributed by atoms with Crippen LogP contribution in [0.1, 0.15) is 10.4 Å². The number of aliphatic hydroxyl groups is 3. The highest BCUT2D eigenvalue weighted by molar-refractivity contribution is 9.10. The van der Waals surface area contributed by atoms with Gasteiger partial charge >= 0.3 is 0 Å². The van der Waals surface area contributed by atoms with Crippen LogP contribution in [0.3, 0.4) is 0 Å². The van der Waals surface area contributed by atoms with Gasteiger partial charge in [0.15, 0.2) is 6.17 Å². The quantitative estimate of drug-likeness (QED) is 0.675. The zero-order chi connectivity index (χ0) is 18.0. The van der Waals surface area contributed by atoms with Crippen molar-refractivity contribution in [1.82, 2.24) is 0 Å². The average Bonchev–Trinajstić information content (AvgIpc) is 3.04. The highest BCUT2D eigenvalue weighted by Gasteiger charge is 2.46. The molecular weight excluding hydrogens is 415 g/mol. The van der Waals surface area contributed by atoms with Gasteiger partial charge in [-0.25, -0.2) is 4.39 Å². The van der Waals surface area contributed by atoms with Crippen LogP contribution in [-0.2, 0) is 11.2 Å². The number of alkyl halides is 1. The fourth-order valence-electron chi connectivity index (χ4n) is 2.61. The Balaban J connectivity index is 1.73. The monoisotopic (exact) mass is 432 g/mol. The van der Waals surface area contributed by atoms with Crippen molar-refractivity contribution in [3.8, 4) is 5.75 Å². The predicted molar refractivity (Wildman–Crippen MR) is 94.6 cm³/mol. The summed E-state index contributed by atoms with van der Waals surface area (Å²) in [4.78, 5) is 0.913. The van der Waals surface area contributed by atoms with Gasteiger partial charge in [-0.1, -0.05) is 28.1 Å². The Kier molecular flexibility index (Phi) is 6.08. The van der Waals surface area contributed by atoms with Crippen molar-refractivity contribution in [2.75, 3.05) is 6.61 Å². The van der Waals surface area contributed by atoms with Crippen molar-refractivity contribution in [2.24, 2.45) is 0 Å². The first-order valence-electron chi connectivity index (χ1n) is 7.73. The van der Waals surface area contributed by atoms with Gasteiger partial charge in [-0.2, -0.15) is 0 Å². The summed E-state index contributed by atoms with van der Waals surface area (Å²) in [5.74, 6) is 0.498. The van der Waals surface area contributed by atoms with Crippen LogP contribution in [0.25, 0.3) is 0 Å². The molecule has 1 aliphatic heterocycles. The molecule has 1 aromatic heterocycles. The molecule has 25 heavy (non-hydrogen) atoms. The van der Waals surface area contributed by atoms with E-state index >= 15 is 0 Å². The molecule has 1 fully saturated rings. The Bertz CT molecular complexity index is 693. The number of ether oxygens (including phenoxy) is 2. The summed E-state index contributed by atoms with van der Waals surface area (Å²) < 4.78 is 25.7. The molecule has 0 radical (unpaired) electrons. The lowest BCUT2D eigenvalue weighted by Crippen LogP contribution is -2.58. The van der Waals surface area contributed by atoms with E-state index in [9.17, 15) is 14.6 Å². The van der Waals surface area contributed by atoms with E-state index in [-0.39, 0.29) is 0 Å². The van der Waals surface area contributed by atoms with Crippen molar-refractivity contribution < 1.29 is 29.2 Å². The SMILES string of the molecule is OCC1OC(Oc2ccsc2Cc2ccc(Br)cc2)C(O)C(O)C1F. The fraction of sp³-hybridized carbons (Fsp3) is 0.412. The Labute approximate surface area is 156 Å². The van der Waals surface area contributed by atoms with E-state index in [2.05, 4.69) is 15.9 Å². The van der Waals surface area contributed by atoms with Gasteiger partial charge in [0.1, 0.15) is 24.1 Å². The van der Waals surface area contributed by atoms with Gasteiger partial charge in [-0.05, 0) is 29.1 Å². The van der Waals surface area contributed by atoms with E-state index in [1.807, 2.05) is 29.6 Å². The van der Waals surface area contributed by atoms with Crippen LogP contribution in [0.4, 0.5) is 4.39 Å².